The van der Waals surface area contributed by atoms with E-state index in [9.17, 15) is 33.9 Å². The van der Waals surface area contributed by atoms with Crippen molar-refractivity contribution in [2.24, 2.45) is 23.1 Å². The Labute approximate surface area is 552 Å². The molecular weight excluding hydrogens is 1210 g/mol. The van der Waals surface area contributed by atoms with Crippen molar-refractivity contribution in [2.75, 3.05) is 6.54 Å². The molecule has 1 heterocycles. The molecule has 0 fully saturated rings. The van der Waals surface area contributed by atoms with Crippen molar-refractivity contribution in [3.63, 3.8) is 0 Å². The van der Waals surface area contributed by atoms with Crippen molar-refractivity contribution >= 4 is 74.9 Å². The fraction of sp³-hybridized carbons (Fsp3) is 0.301. The van der Waals surface area contributed by atoms with Crippen LogP contribution < -0.4 is 54.4 Å². The van der Waals surface area contributed by atoms with Crippen molar-refractivity contribution in [3.05, 3.63) is 222 Å². The molecule has 498 valence electrons. The summed E-state index contributed by atoms with van der Waals surface area (Å²) in [5.74, 6) is -7.26. The van der Waals surface area contributed by atoms with Crippen molar-refractivity contribution in [3.8, 4) is 5.75 Å². The molecule has 0 aliphatic carbocycles. The van der Waals surface area contributed by atoms with Gasteiger partial charge >= 0.3 is 0 Å². The SMILES string of the molecule is CC(=O)O.CC(C)[C@H](NC(=O)[C@H](CCCCN)NC(=O)[C@@H](Cc1c[nH]c2ccccc12)NC(=O)[C@H](Cc1ccc(O)cc1)NC(=O)[C@H](Cc1ccccc1)NC(=O)[C@H](N)Cc1ccccc1)C(=O)N[C@@H](Cc1ccccc1)C(=O)N[C@H](Cc1ccc2ccccc2c1)C(N)=O. The summed E-state index contributed by atoms with van der Waals surface area (Å²) < 4.78 is 0. The number of aromatic hydroxyl groups is 1. The van der Waals surface area contributed by atoms with E-state index >= 15 is 9.59 Å². The van der Waals surface area contributed by atoms with Crippen LogP contribution in [0.2, 0.25) is 0 Å². The summed E-state index contributed by atoms with van der Waals surface area (Å²) in [7, 11) is 0. The Morgan fingerprint density at radius 1 is 0.442 bits per heavy atom. The van der Waals surface area contributed by atoms with E-state index in [0.717, 1.165) is 39.7 Å². The first-order valence-electron chi connectivity index (χ1n) is 31.6. The summed E-state index contributed by atoms with van der Waals surface area (Å²) in [6, 6.07) is 44.0. The lowest BCUT2D eigenvalue weighted by molar-refractivity contribution is -0.136. The van der Waals surface area contributed by atoms with Gasteiger partial charge in [-0.25, -0.2) is 0 Å². The first-order valence-corrected chi connectivity index (χ1v) is 31.6. The van der Waals surface area contributed by atoms with Crippen LogP contribution in [0.5, 0.6) is 5.75 Å². The molecule has 0 aliphatic rings. The van der Waals surface area contributed by atoms with Crippen LogP contribution in [0.1, 0.15) is 73.4 Å². The molecule has 0 unspecified atom stereocenters. The van der Waals surface area contributed by atoms with E-state index in [-0.39, 0.29) is 57.2 Å². The minimum Gasteiger partial charge on any atom is -0.508 e. The van der Waals surface area contributed by atoms with Crippen LogP contribution in [0.3, 0.4) is 0 Å². The molecule has 8 atom stereocenters. The summed E-state index contributed by atoms with van der Waals surface area (Å²) >= 11 is 0. The zero-order valence-corrected chi connectivity index (χ0v) is 53.5. The molecule has 0 saturated carbocycles. The van der Waals surface area contributed by atoms with Gasteiger partial charge < -0.3 is 69.6 Å². The number of carboxylic acid groups (broad SMARTS) is 1. The third-order valence-corrected chi connectivity index (χ3v) is 15.9. The molecule has 22 heteroatoms. The van der Waals surface area contributed by atoms with Crippen LogP contribution in [0.15, 0.2) is 188 Å². The fourth-order valence-corrected chi connectivity index (χ4v) is 10.9. The van der Waals surface area contributed by atoms with Crippen LogP contribution in [-0.2, 0) is 81.7 Å². The smallest absolute Gasteiger partial charge is 0.300 e. The summed E-state index contributed by atoms with van der Waals surface area (Å²) in [4.78, 5) is 128. The van der Waals surface area contributed by atoms with E-state index < -0.39 is 107 Å². The number of carbonyl (C=O) groups is 9. The first-order chi connectivity index (χ1) is 45.6. The second kappa shape index (κ2) is 35.9. The fourth-order valence-electron chi connectivity index (χ4n) is 10.9. The number of aromatic amines is 1. The van der Waals surface area contributed by atoms with E-state index in [1.807, 2.05) is 109 Å². The van der Waals surface area contributed by atoms with Gasteiger partial charge in [-0.15, -0.1) is 0 Å². The third kappa shape index (κ3) is 22.5. The number of phenolic OH excluding ortho intramolecular Hbond substituents is 1. The lowest BCUT2D eigenvalue weighted by Gasteiger charge is -2.29. The average molecular weight is 1290 g/mol. The number of aliphatic carboxylic acids is 1. The predicted molar refractivity (Wildman–Crippen MR) is 364 cm³/mol. The van der Waals surface area contributed by atoms with Crippen LogP contribution in [0.25, 0.3) is 21.7 Å². The second-order valence-electron chi connectivity index (χ2n) is 23.8. The van der Waals surface area contributed by atoms with Gasteiger partial charge in [0, 0.05) is 56.1 Å². The maximum atomic E-state index is 15.1. The highest BCUT2D eigenvalue weighted by Gasteiger charge is 2.36. The molecule has 0 bridgehead atoms. The van der Waals surface area contributed by atoms with Crippen molar-refractivity contribution in [1.29, 1.82) is 0 Å². The average Bonchev–Trinajstić information content (AvgIpc) is 1.81. The summed E-state index contributed by atoms with van der Waals surface area (Å²) in [5, 5.41) is 40.2. The quantitative estimate of drug-likeness (QED) is 0.0251. The molecule has 0 aliphatic heterocycles. The molecule has 95 heavy (non-hydrogen) atoms. The molecule has 8 amide bonds. The van der Waals surface area contributed by atoms with Crippen LogP contribution in [0.4, 0.5) is 0 Å². The molecule has 16 N–H and O–H groups in total. The molecule has 8 rings (SSSR count). The van der Waals surface area contributed by atoms with E-state index in [2.05, 4.69) is 42.2 Å². The van der Waals surface area contributed by atoms with E-state index in [4.69, 9.17) is 27.1 Å². The minimum atomic E-state index is -1.40. The standard InChI is InChI=1S/C71H81N11O9.C2H4O2/c1-44(2)63(71(91)81-61(39-47-22-10-5-11-23-47)67(87)77-58(64(74)84)41-49-29-32-50-24-12-13-25-51(50)36-49)82-66(86)57(28-16-17-35-72)76-70(90)62(42-52-43-75-56-27-15-14-26-54(52)56)80-69(89)60(40-48-30-33-53(83)34-31-48)79-68(88)59(38-46-20-8-4-9-21-46)78-65(85)55(73)37-45-18-6-3-7-19-45;1-2(3)4/h3-15,18-27,29-34,36,43-44,55,57-63,75,83H,16-17,28,35,37-42,72-73H2,1-2H3,(H2,74,84)(H,76,90)(H,77,87)(H,78,85)(H,79,88)(H,80,89)(H,81,91)(H,82,86);1H3,(H,3,4)/t55-,57+,58-,59+,60+,61+,62-,63+;/m1./s1. The molecule has 22 nitrogen and oxygen atoms in total. The Bertz CT molecular complexity index is 3870. The van der Waals surface area contributed by atoms with Crippen LogP contribution >= 0.6 is 0 Å². The zero-order valence-electron chi connectivity index (χ0n) is 53.5. The zero-order chi connectivity index (χ0) is 68.4. The highest BCUT2D eigenvalue weighted by atomic mass is 16.4. The van der Waals surface area contributed by atoms with Crippen LogP contribution in [0, 0.1) is 5.92 Å². The van der Waals surface area contributed by atoms with Crippen molar-refractivity contribution < 1.29 is 53.4 Å². The van der Waals surface area contributed by atoms with Gasteiger partial charge in [0.25, 0.3) is 5.97 Å². The molecule has 7 aromatic carbocycles. The first kappa shape index (κ1) is 71.7. The monoisotopic (exact) mass is 1290 g/mol. The number of para-hydroxylation sites is 1. The third-order valence-electron chi connectivity index (χ3n) is 15.9. The summed E-state index contributed by atoms with van der Waals surface area (Å²) in [6.07, 6.45) is 2.67. The Morgan fingerprint density at radius 3 is 1.38 bits per heavy atom. The minimum absolute atomic E-state index is 0.00808. The lowest BCUT2D eigenvalue weighted by atomic mass is 9.98. The van der Waals surface area contributed by atoms with Crippen molar-refractivity contribution in [2.45, 2.75) is 127 Å². The molecule has 8 aromatic rings. The number of rotatable bonds is 32. The number of phenols is 1. The topological polar surface area (TPSA) is 372 Å². The molecule has 0 radical (unpaired) electrons. The number of hydrogen-bond donors (Lipinski definition) is 13. The van der Waals surface area contributed by atoms with Gasteiger partial charge in [0.1, 0.15) is 48.0 Å². The number of amides is 8. The number of nitrogens with two attached hydrogens (primary N) is 3. The normalized spacial score (nSPS) is 13.6. The number of carboxylic acids is 1. The maximum absolute atomic E-state index is 15.1. The lowest BCUT2D eigenvalue weighted by Crippen LogP contribution is -2.61. The predicted octanol–water partition coefficient (Wildman–Crippen LogP) is 4.86. The van der Waals surface area contributed by atoms with Gasteiger partial charge in [-0.1, -0.05) is 178 Å². The Hall–Kier alpha value is -10.7. The summed E-state index contributed by atoms with van der Waals surface area (Å²) in [6.45, 7) is 4.78. The second-order valence-corrected chi connectivity index (χ2v) is 23.8. The maximum Gasteiger partial charge on any atom is 0.300 e. The number of fused-ring (bicyclic) bond motifs is 2. The van der Waals surface area contributed by atoms with Gasteiger partial charge in [0.15, 0.2) is 0 Å². The number of benzene rings is 7. The van der Waals surface area contributed by atoms with E-state index in [1.54, 1.807) is 80.7 Å². The number of nitrogens with one attached hydrogen (secondary N) is 8. The van der Waals surface area contributed by atoms with Gasteiger partial charge in [0.05, 0.1) is 6.04 Å². The van der Waals surface area contributed by atoms with Crippen molar-refractivity contribution in [1.82, 2.24) is 42.2 Å². The number of primary amides is 1. The summed E-state index contributed by atoms with van der Waals surface area (Å²) in [5.41, 5.74) is 23.1. The van der Waals surface area contributed by atoms with E-state index in [0.29, 0.717) is 35.1 Å². The van der Waals surface area contributed by atoms with Gasteiger partial charge in [-0.05, 0) is 100 Å². The number of H-pyrrole nitrogens is 1. The van der Waals surface area contributed by atoms with Gasteiger partial charge in [-0.3, -0.25) is 43.2 Å². The van der Waals surface area contributed by atoms with Gasteiger partial charge in [0.2, 0.25) is 47.3 Å². The van der Waals surface area contributed by atoms with E-state index in [1.165, 1.54) is 12.1 Å². The number of aromatic nitrogens is 1. The van der Waals surface area contributed by atoms with Crippen LogP contribution in [-0.4, -0.2) is 123 Å². The number of hydrogen-bond acceptors (Lipinski definition) is 12. The number of unbranched alkanes of at least 4 members (excludes halogenated alkanes) is 1. The Balaban J connectivity index is 0.00000310. The molecular formula is C73H85N11O11. The molecule has 0 saturated heterocycles. The van der Waals surface area contributed by atoms with Gasteiger partial charge in [-0.2, -0.15) is 0 Å². The highest BCUT2D eigenvalue weighted by Crippen LogP contribution is 2.22. The Morgan fingerprint density at radius 2 is 0.853 bits per heavy atom. The number of carbonyl (C=O) groups excluding carboxylic acids is 8. The molecule has 0 spiro atoms. The molecule has 1 aromatic heterocycles. The largest absolute Gasteiger partial charge is 0.508 e. The Kier molecular flexibility index (Phi) is 27.1. The highest BCUT2D eigenvalue weighted by molar-refractivity contribution is 5.99.